The molecule has 0 saturated carbocycles. The van der Waals surface area contributed by atoms with Gasteiger partial charge in [-0.05, 0) is 55.2 Å². The van der Waals surface area contributed by atoms with E-state index < -0.39 is 0 Å². The van der Waals surface area contributed by atoms with Crippen LogP contribution in [-0.4, -0.2) is 25.0 Å². The number of benzene rings is 2. The van der Waals surface area contributed by atoms with Crippen LogP contribution in [0.3, 0.4) is 0 Å². The number of aryl methyl sites for hydroxylation is 2. The van der Waals surface area contributed by atoms with Crippen LogP contribution in [0.15, 0.2) is 61.1 Å². The molecule has 0 bridgehead atoms. The summed E-state index contributed by atoms with van der Waals surface area (Å²) >= 11 is 0. The minimum atomic E-state index is -0.125. The monoisotopic (exact) mass is 422 g/mol. The molecule has 0 unspecified atom stereocenters. The molecule has 0 fully saturated rings. The van der Waals surface area contributed by atoms with E-state index in [2.05, 4.69) is 19.9 Å². The van der Waals surface area contributed by atoms with Crippen LogP contribution >= 0.6 is 0 Å². The average Bonchev–Trinajstić information content (AvgIpc) is 3.49. The van der Waals surface area contributed by atoms with Crippen LogP contribution in [0.2, 0.25) is 0 Å². The summed E-state index contributed by atoms with van der Waals surface area (Å²) in [5.41, 5.74) is 14.0. The molecular weight excluding hydrogens is 400 g/mol. The molecule has 7 nitrogen and oxygen atoms in total. The van der Waals surface area contributed by atoms with E-state index in [1.807, 2.05) is 66.3 Å². The van der Waals surface area contributed by atoms with Crippen molar-refractivity contribution < 1.29 is 4.79 Å². The number of aromatic nitrogens is 4. The van der Waals surface area contributed by atoms with Gasteiger partial charge >= 0.3 is 0 Å². The quantitative estimate of drug-likeness (QED) is 0.455. The van der Waals surface area contributed by atoms with Gasteiger partial charge in [-0.15, -0.1) is 0 Å². The van der Waals surface area contributed by atoms with Crippen LogP contribution < -0.4 is 11.1 Å². The number of para-hydroxylation sites is 1. The second-order valence-electron chi connectivity index (χ2n) is 8.24. The largest absolute Gasteiger partial charge is 0.382 e. The van der Waals surface area contributed by atoms with Gasteiger partial charge in [-0.2, -0.15) is 0 Å². The van der Waals surface area contributed by atoms with Crippen LogP contribution in [0.5, 0.6) is 0 Å². The smallest absolute Gasteiger partial charge is 0.257 e. The van der Waals surface area contributed by atoms with Gasteiger partial charge in [0.25, 0.3) is 5.91 Å². The van der Waals surface area contributed by atoms with E-state index in [9.17, 15) is 4.79 Å². The molecule has 7 heteroatoms. The number of nitrogens with zero attached hydrogens (tertiary/aromatic N) is 4. The number of nitrogens with one attached hydrogen (secondary N) is 1. The summed E-state index contributed by atoms with van der Waals surface area (Å²) in [5.74, 6) is 0.359. The number of rotatable bonds is 3. The fourth-order valence-corrected chi connectivity index (χ4v) is 4.90. The number of carbonyl (C=O) groups excluding carboxylic acids is 1. The summed E-state index contributed by atoms with van der Waals surface area (Å²) < 4.78 is 4.14. The van der Waals surface area contributed by atoms with Crippen LogP contribution in [-0.2, 0) is 19.9 Å². The lowest BCUT2D eigenvalue weighted by molar-refractivity contribution is 0.102. The normalized spacial score (nSPS) is 13.0. The fraction of sp³-hybridized carbons (Fsp3) is 0.160. The molecule has 3 heterocycles. The summed E-state index contributed by atoms with van der Waals surface area (Å²) in [6.45, 7) is 0. The maximum absolute atomic E-state index is 13.0. The van der Waals surface area contributed by atoms with E-state index in [4.69, 9.17) is 5.73 Å². The molecule has 0 saturated heterocycles. The first-order valence-electron chi connectivity index (χ1n) is 10.7. The topological polar surface area (TPSA) is 90.8 Å². The molecule has 0 spiro atoms. The molecule has 0 aliphatic heterocycles. The number of hydrogen-bond donors (Lipinski definition) is 2. The Morgan fingerprint density at radius 3 is 2.72 bits per heavy atom. The summed E-state index contributed by atoms with van der Waals surface area (Å²) in [7, 11) is 1.95. The van der Waals surface area contributed by atoms with Gasteiger partial charge < -0.3 is 20.2 Å². The molecule has 1 amide bonds. The van der Waals surface area contributed by atoms with Gasteiger partial charge in [0, 0.05) is 41.2 Å². The number of anilines is 2. The SMILES string of the molecule is Cn1cc(C(=O)Nc2ccc(-n3c4c(c5ncnc(N)c53)CCC4)cc2)c2ccccc21. The van der Waals surface area contributed by atoms with Gasteiger partial charge in [0.05, 0.1) is 11.1 Å². The summed E-state index contributed by atoms with van der Waals surface area (Å²) in [6, 6.07) is 15.8. The van der Waals surface area contributed by atoms with Crippen molar-refractivity contribution in [3.63, 3.8) is 0 Å². The van der Waals surface area contributed by atoms with Crippen molar-refractivity contribution in [3.8, 4) is 5.69 Å². The molecule has 32 heavy (non-hydrogen) atoms. The van der Waals surface area contributed by atoms with Gasteiger partial charge in [0.2, 0.25) is 0 Å². The highest BCUT2D eigenvalue weighted by Gasteiger charge is 2.25. The van der Waals surface area contributed by atoms with E-state index in [1.165, 1.54) is 17.6 Å². The Morgan fingerprint density at radius 1 is 1.06 bits per heavy atom. The highest BCUT2D eigenvalue weighted by atomic mass is 16.1. The first kappa shape index (κ1) is 18.6. The first-order chi connectivity index (χ1) is 15.6. The third-order valence-corrected chi connectivity index (χ3v) is 6.34. The van der Waals surface area contributed by atoms with E-state index in [0.29, 0.717) is 11.4 Å². The van der Waals surface area contributed by atoms with E-state index in [-0.39, 0.29) is 5.91 Å². The van der Waals surface area contributed by atoms with Gasteiger partial charge in [-0.25, -0.2) is 9.97 Å². The first-order valence-corrected chi connectivity index (χ1v) is 10.7. The molecule has 3 aromatic heterocycles. The van der Waals surface area contributed by atoms with Gasteiger partial charge in [0.15, 0.2) is 5.82 Å². The predicted octanol–water partition coefficient (Wildman–Crippen LogP) is 4.24. The molecule has 158 valence electrons. The van der Waals surface area contributed by atoms with Crippen molar-refractivity contribution in [3.05, 3.63) is 77.9 Å². The number of amides is 1. The van der Waals surface area contributed by atoms with Crippen molar-refractivity contribution in [1.82, 2.24) is 19.1 Å². The molecule has 3 N–H and O–H groups in total. The zero-order chi connectivity index (χ0) is 21.8. The lowest BCUT2D eigenvalue weighted by Gasteiger charge is -2.12. The minimum absolute atomic E-state index is 0.125. The average molecular weight is 422 g/mol. The zero-order valence-electron chi connectivity index (χ0n) is 17.7. The number of carbonyl (C=O) groups is 1. The van der Waals surface area contributed by atoms with Gasteiger partial charge in [-0.1, -0.05) is 18.2 Å². The molecule has 6 rings (SSSR count). The second kappa shape index (κ2) is 6.95. The highest BCUT2D eigenvalue weighted by molar-refractivity contribution is 6.13. The maximum atomic E-state index is 13.0. The predicted molar refractivity (Wildman–Crippen MR) is 126 cm³/mol. The summed E-state index contributed by atoms with van der Waals surface area (Å²) in [6.07, 6.45) is 6.52. The number of fused-ring (bicyclic) bond motifs is 4. The van der Waals surface area contributed by atoms with Crippen LogP contribution in [0.25, 0.3) is 27.6 Å². The Kier molecular flexibility index (Phi) is 4.04. The highest BCUT2D eigenvalue weighted by Crippen LogP contribution is 2.36. The Bertz CT molecular complexity index is 1510. The molecule has 0 atom stereocenters. The summed E-state index contributed by atoms with van der Waals surface area (Å²) in [5, 5.41) is 3.97. The number of hydrogen-bond acceptors (Lipinski definition) is 4. The summed E-state index contributed by atoms with van der Waals surface area (Å²) in [4.78, 5) is 21.7. The standard InChI is InChI=1S/C25H22N6O/c1-30-13-19(17-5-2-3-7-20(17)30)25(32)29-15-9-11-16(12-10-15)31-21-8-4-6-18(21)22-23(31)24(26)28-14-27-22/h2-3,5,7,9-14H,4,6,8H2,1H3,(H,29,32)(H2,26,27,28). The van der Waals surface area contributed by atoms with Crippen molar-refractivity contribution in [2.24, 2.45) is 7.05 Å². The van der Waals surface area contributed by atoms with Crippen molar-refractivity contribution in [2.75, 3.05) is 11.1 Å². The number of nitrogens with two attached hydrogens (primary N) is 1. The van der Waals surface area contributed by atoms with E-state index >= 15 is 0 Å². The van der Waals surface area contributed by atoms with E-state index in [0.717, 1.165) is 52.6 Å². The Hall–Kier alpha value is -4.13. The Labute approximate surface area is 184 Å². The van der Waals surface area contributed by atoms with Gasteiger partial charge in [-0.3, -0.25) is 4.79 Å². The van der Waals surface area contributed by atoms with Crippen LogP contribution in [0, 0.1) is 0 Å². The lowest BCUT2D eigenvalue weighted by Crippen LogP contribution is -2.11. The van der Waals surface area contributed by atoms with Crippen LogP contribution in [0.4, 0.5) is 11.5 Å². The molecule has 0 radical (unpaired) electrons. The molecule has 1 aliphatic carbocycles. The Balaban J connectivity index is 1.35. The zero-order valence-corrected chi connectivity index (χ0v) is 17.7. The van der Waals surface area contributed by atoms with Crippen LogP contribution in [0.1, 0.15) is 28.0 Å². The molecular formula is C25H22N6O. The van der Waals surface area contributed by atoms with E-state index in [1.54, 1.807) is 0 Å². The minimum Gasteiger partial charge on any atom is -0.382 e. The molecule has 1 aliphatic rings. The molecule has 2 aromatic carbocycles. The third-order valence-electron chi connectivity index (χ3n) is 6.34. The maximum Gasteiger partial charge on any atom is 0.257 e. The van der Waals surface area contributed by atoms with Crippen molar-refractivity contribution in [2.45, 2.75) is 19.3 Å². The van der Waals surface area contributed by atoms with Crippen molar-refractivity contribution >= 4 is 39.3 Å². The molecule has 5 aromatic rings. The number of nitrogen functional groups attached to an aromatic ring is 1. The Morgan fingerprint density at radius 2 is 1.88 bits per heavy atom. The fourth-order valence-electron chi connectivity index (χ4n) is 4.90. The van der Waals surface area contributed by atoms with Gasteiger partial charge in [0.1, 0.15) is 11.8 Å². The van der Waals surface area contributed by atoms with Crippen molar-refractivity contribution in [1.29, 1.82) is 0 Å². The third kappa shape index (κ3) is 2.71. The lowest BCUT2D eigenvalue weighted by atomic mass is 10.1. The second-order valence-corrected chi connectivity index (χ2v) is 8.24.